The Morgan fingerprint density at radius 1 is 1.16 bits per heavy atom. The lowest BCUT2D eigenvalue weighted by Crippen LogP contribution is -2.55. The fraction of sp³-hybridized carbons (Fsp3) is 0.526. The lowest BCUT2D eigenvalue weighted by Gasteiger charge is -2.38. The second-order valence-electron chi connectivity index (χ2n) is 8.01. The van der Waals surface area contributed by atoms with Gasteiger partial charge in [-0.05, 0) is 31.9 Å². The molecule has 0 bridgehead atoms. The number of halogens is 3. The lowest BCUT2D eigenvalue weighted by molar-refractivity contribution is -0.137. The fourth-order valence-corrected chi connectivity index (χ4v) is 4.63. The Bertz CT molecular complexity index is 1070. The molecule has 2 aromatic rings. The van der Waals surface area contributed by atoms with Gasteiger partial charge in [0.15, 0.2) is 9.84 Å². The summed E-state index contributed by atoms with van der Waals surface area (Å²) in [5.41, 5.74) is -0.814. The highest BCUT2D eigenvalue weighted by atomic mass is 32.2. The van der Waals surface area contributed by atoms with E-state index in [2.05, 4.69) is 32.1 Å². The van der Waals surface area contributed by atoms with Crippen LogP contribution < -0.4 is 15.1 Å². The summed E-state index contributed by atoms with van der Waals surface area (Å²) in [6, 6.07) is 3.77. The predicted octanol–water partition coefficient (Wildman–Crippen LogP) is 2.86. The van der Waals surface area contributed by atoms with Crippen molar-refractivity contribution < 1.29 is 21.6 Å². The molecule has 0 spiro atoms. The summed E-state index contributed by atoms with van der Waals surface area (Å²) in [6.07, 6.45) is -0.173. The lowest BCUT2D eigenvalue weighted by atomic mass is 10.2. The first-order valence-electron chi connectivity index (χ1n) is 9.90. The SMILES string of the molecule is C[C@@H]1CCCN1c1cc(Nc2cc(C(F)(F)F)ccn2)nc(N2CC(S(C)(=O)=O)C2)n1. The van der Waals surface area contributed by atoms with Crippen molar-refractivity contribution >= 4 is 33.2 Å². The summed E-state index contributed by atoms with van der Waals surface area (Å²) in [5, 5.41) is 2.37. The molecule has 2 fully saturated rings. The summed E-state index contributed by atoms with van der Waals surface area (Å²) in [6.45, 7) is 3.45. The zero-order chi connectivity index (χ0) is 22.4. The van der Waals surface area contributed by atoms with Crippen LogP contribution in [0.2, 0.25) is 0 Å². The van der Waals surface area contributed by atoms with E-state index in [1.54, 1.807) is 11.0 Å². The van der Waals surface area contributed by atoms with E-state index in [-0.39, 0.29) is 24.9 Å². The van der Waals surface area contributed by atoms with E-state index < -0.39 is 26.8 Å². The summed E-state index contributed by atoms with van der Waals surface area (Å²) in [4.78, 5) is 16.9. The third-order valence-corrected chi connectivity index (χ3v) is 7.14. The molecule has 0 unspecified atom stereocenters. The number of aromatic nitrogens is 3. The van der Waals surface area contributed by atoms with Gasteiger partial charge in [-0.25, -0.2) is 13.4 Å². The summed E-state index contributed by atoms with van der Waals surface area (Å²) < 4.78 is 62.6. The van der Waals surface area contributed by atoms with Crippen molar-refractivity contribution in [3.05, 3.63) is 30.0 Å². The number of alkyl halides is 3. The van der Waals surface area contributed by atoms with Gasteiger partial charge in [0.25, 0.3) is 0 Å². The Morgan fingerprint density at radius 3 is 2.52 bits per heavy atom. The van der Waals surface area contributed by atoms with Crippen LogP contribution in [0.3, 0.4) is 0 Å². The van der Waals surface area contributed by atoms with Gasteiger partial charge in [-0.15, -0.1) is 0 Å². The average Bonchev–Trinajstić information content (AvgIpc) is 3.04. The molecule has 0 radical (unpaired) electrons. The molecule has 2 aromatic heterocycles. The Balaban J connectivity index is 1.64. The Morgan fingerprint density at radius 2 is 1.90 bits per heavy atom. The molecule has 1 N–H and O–H groups in total. The molecule has 2 aliphatic heterocycles. The molecule has 31 heavy (non-hydrogen) atoms. The van der Waals surface area contributed by atoms with Crippen molar-refractivity contribution in [1.29, 1.82) is 0 Å². The van der Waals surface area contributed by atoms with E-state index in [1.165, 1.54) is 6.26 Å². The van der Waals surface area contributed by atoms with Gasteiger partial charge in [0.1, 0.15) is 17.5 Å². The van der Waals surface area contributed by atoms with E-state index in [9.17, 15) is 21.6 Å². The minimum absolute atomic E-state index is 0.0116. The maximum Gasteiger partial charge on any atom is 0.416 e. The number of hydrogen-bond acceptors (Lipinski definition) is 8. The van der Waals surface area contributed by atoms with Crippen LogP contribution in [-0.2, 0) is 16.0 Å². The van der Waals surface area contributed by atoms with Crippen LogP contribution in [-0.4, -0.2) is 60.6 Å². The molecule has 4 heterocycles. The summed E-state index contributed by atoms with van der Waals surface area (Å²) in [7, 11) is -3.16. The van der Waals surface area contributed by atoms with Crippen LogP contribution in [0.1, 0.15) is 25.3 Å². The van der Waals surface area contributed by atoms with Gasteiger partial charge in [0.05, 0.1) is 10.8 Å². The van der Waals surface area contributed by atoms with Crippen molar-refractivity contribution in [2.75, 3.05) is 41.0 Å². The van der Waals surface area contributed by atoms with Crippen molar-refractivity contribution in [2.45, 2.75) is 37.2 Å². The number of nitrogens with one attached hydrogen (secondary N) is 1. The molecule has 168 valence electrons. The minimum Gasteiger partial charge on any atom is -0.354 e. The van der Waals surface area contributed by atoms with Crippen LogP contribution in [0, 0.1) is 0 Å². The van der Waals surface area contributed by atoms with E-state index in [0.29, 0.717) is 17.6 Å². The van der Waals surface area contributed by atoms with Crippen LogP contribution >= 0.6 is 0 Å². The third kappa shape index (κ3) is 4.68. The maximum atomic E-state index is 13.0. The van der Waals surface area contributed by atoms with E-state index >= 15 is 0 Å². The van der Waals surface area contributed by atoms with Gasteiger partial charge in [-0.1, -0.05) is 0 Å². The molecule has 4 rings (SSSR count). The smallest absolute Gasteiger partial charge is 0.354 e. The van der Waals surface area contributed by atoms with Crippen molar-refractivity contribution in [3.8, 4) is 0 Å². The van der Waals surface area contributed by atoms with Crippen molar-refractivity contribution in [1.82, 2.24) is 15.0 Å². The Kier molecular flexibility index (Phi) is 5.44. The Labute approximate surface area is 178 Å². The number of hydrogen-bond donors (Lipinski definition) is 1. The van der Waals surface area contributed by atoms with E-state index in [1.807, 2.05) is 0 Å². The second-order valence-corrected chi connectivity index (χ2v) is 10.3. The van der Waals surface area contributed by atoms with Gasteiger partial charge in [0, 0.05) is 44.2 Å². The highest BCUT2D eigenvalue weighted by Gasteiger charge is 2.37. The van der Waals surface area contributed by atoms with Gasteiger partial charge >= 0.3 is 6.18 Å². The van der Waals surface area contributed by atoms with E-state index in [4.69, 9.17) is 0 Å². The molecule has 1 atom stereocenters. The standard InChI is InChI=1S/C19H23F3N6O2S/c1-12-4-3-7-28(12)17-9-16(24-15-8-13(5-6-23-15)19(20,21)22)25-18(26-17)27-10-14(11-27)31(2,29)30/h5-6,8-9,12,14H,3-4,7,10-11H2,1-2H3,(H,23,24,25,26)/t12-/m1/s1. The fourth-order valence-electron chi connectivity index (χ4n) is 3.73. The quantitative estimate of drug-likeness (QED) is 0.735. The number of pyridine rings is 1. The molecular weight excluding hydrogens is 433 g/mol. The van der Waals surface area contributed by atoms with Crippen molar-refractivity contribution in [3.63, 3.8) is 0 Å². The number of sulfone groups is 1. The van der Waals surface area contributed by atoms with Gasteiger partial charge < -0.3 is 15.1 Å². The van der Waals surface area contributed by atoms with Gasteiger partial charge in [-0.3, -0.25) is 0 Å². The van der Waals surface area contributed by atoms with Crippen LogP contribution in [0.15, 0.2) is 24.4 Å². The normalized spacial score (nSPS) is 20.1. The monoisotopic (exact) mass is 456 g/mol. The highest BCUT2D eigenvalue weighted by molar-refractivity contribution is 7.91. The first-order valence-corrected chi connectivity index (χ1v) is 11.9. The molecule has 8 nitrogen and oxygen atoms in total. The number of nitrogens with zero attached hydrogens (tertiary/aromatic N) is 5. The molecule has 0 aromatic carbocycles. The minimum atomic E-state index is -4.48. The number of rotatable bonds is 5. The second kappa shape index (κ2) is 7.81. The van der Waals surface area contributed by atoms with Crippen LogP contribution in [0.5, 0.6) is 0 Å². The average molecular weight is 456 g/mol. The summed E-state index contributed by atoms with van der Waals surface area (Å²) >= 11 is 0. The van der Waals surface area contributed by atoms with Gasteiger partial charge in [0.2, 0.25) is 5.95 Å². The zero-order valence-corrected chi connectivity index (χ0v) is 17.9. The molecule has 0 amide bonds. The third-order valence-electron chi connectivity index (χ3n) is 5.63. The van der Waals surface area contributed by atoms with Crippen LogP contribution in [0.4, 0.5) is 36.6 Å². The highest BCUT2D eigenvalue weighted by Crippen LogP contribution is 2.32. The molecule has 2 saturated heterocycles. The molecule has 0 saturated carbocycles. The van der Waals surface area contributed by atoms with E-state index in [0.717, 1.165) is 37.7 Å². The molecule has 12 heteroatoms. The molecule has 0 aliphatic carbocycles. The molecular formula is C19H23F3N6O2S. The van der Waals surface area contributed by atoms with Gasteiger partial charge in [-0.2, -0.15) is 23.1 Å². The van der Waals surface area contributed by atoms with Crippen molar-refractivity contribution in [2.24, 2.45) is 0 Å². The Hall–Kier alpha value is -2.63. The van der Waals surface area contributed by atoms with Crippen LogP contribution in [0.25, 0.3) is 0 Å². The largest absolute Gasteiger partial charge is 0.416 e. The predicted molar refractivity (Wildman–Crippen MR) is 111 cm³/mol. The molecule has 2 aliphatic rings. The first kappa shape index (κ1) is 21.6. The summed E-state index contributed by atoms with van der Waals surface area (Å²) in [5.74, 6) is 1.30. The number of anilines is 4. The topological polar surface area (TPSA) is 91.3 Å². The zero-order valence-electron chi connectivity index (χ0n) is 17.1. The maximum absolute atomic E-state index is 13.0. The first-order chi connectivity index (χ1) is 14.5.